The van der Waals surface area contributed by atoms with E-state index in [1.54, 1.807) is 0 Å². The fourth-order valence-electron chi connectivity index (χ4n) is 0.777. The van der Waals surface area contributed by atoms with Crippen LogP contribution in [0.2, 0.25) is 0 Å². The van der Waals surface area contributed by atoms with Gasteiger partial charge in [-0.25, -0.2) is 0 Å². The summed E-state index contributed by atoms with van der Waals surface area (Å²) in [5, 5.41) is 3.27. The van der Waals surface area contributed by atoms with Gasteiger partial charge in [0.25, 0.3) is 0 Å². The first kappa shape index (κ1) is 14.4. The van der Waals surface area contributed by atoms with Crippen LogP contribution in [0.5, 0.6) is 0 Å². The fraction of sp³-hybridized carbons (Fsp3) is 1.00. The SMILES string of the molecule is CC.CCC.CN1CCNCC1. The van der Waals surface area contributed by atoms with E-state index in [-0.39, 0.29) is 0 Å². The molecule has 0 bridgehead atoms. The van der Waals surface area contributed by atoms with E-state index in [1.165, 1.54) is 19.5 Å². The van der Waals surface area contributed by atoms with Crippen LogP contribution in [0.4, 0.5) is 0 Å². The monoisotopic (exact) mass is 174 g/mol. The number of likely N-dealkylation sites (N-methyl/N-ethyl adjacent to an activating group) is 1. The third-order valence-electron chi connectivity index (χ3n) is 1.34. The highest BCUT2D eigenvalue weighted by Gasteiger charge is 2.01. The highest BCUT2D eigenvalue weighted by molar-refractivity contribution is 4.62. The van der Waals surface area contributed by atoms with Crippen molar-refractivity contribution in [3.63, 3.8) is 0 Å². The summed E-state index contributed by atoms with van der Waals surface area (Å²) in [5.74, 6) is 0. The lowest BCUT2D eigenvalue weighted by Crippen LogP contribution is -2.40. The summed E-state index contributed by atoms with van der Waals surface area (Å²) in [7, 11) is 2.15. The van der Waals surface area contributed by atoms with Crippen molar-refractivity contribution in [1.29, 1.82) is 0 Å². The van der Waals surface area contributed by atoms with Crippen LogP contribution in [0.15, 0.2) is 0 Å². The molecule has 12 heavy (non-hydrogen) atoms. The summed E-state index contributed by atoms with van der Waals surface area (Å²) < 4.78 is 0. The zero-order valence-corrected chi connectivity index (χ0v) is 9.48. The Bertz CT molecular complexity index is 58.9. The Morgan fingerprint density at radius 3 is 1.58 bits per heavy atom. The summed E-state index contributed by atoms with van der Waals surface area (Å²) in [6, 6.07) is 0. The highest BCUT2D eigenvalue weighted by Crippen LogP contribution is 1.83. The van der Waals surface area contributed by atoms with Gasteiger partial charge in [0, 0.05) is 26.2 Å². The molecular weight excluding hydrogens is 148 g/mol. The second kappa shape index (κ2) is 13.5. The summed E-state index contributed by atoms with van der Waals surface area (Å²) in [6.07, 6.45) is 1.25. The predicted molar refractivity (Wildman–Crippen MR) is 57.7 cm³/mol. The minimum absolute atomic E-state index is 1.16. The Balaban J connectivity index is 0. The van der Waals surface area contributed by atoms with Gasteiger partial charge in [-0.2, -0.15) is 0 Å². The second-order valence-corrected chi connectivity index (χ2v) is 2.76. The quantitative estimate of drug-likeness (QED) is 0.604. The molecule has 2 nitrogen and oxygen atoms in total. The Morgan fingerprint density at radius 1 is 1.08 bits per heavy atom. The molecule has 0 saturated carbocycles. The molecule has 76 valence electrons. The smallest absolute Gasteiger partial charge is 0.0104 e. The van der Waals surface area contributed by atoms with Crippen LogP contribution in [0.3, 0.4) is 0 Å². The van der Waals surface area contributed by atoms with Crippen molar-refractivity contribution in [2.75, 3.05) is 33.2 Å². The molecule has 1 rings (SSSR count). The molecule has 0 amide bonds. The van der Waals surface area contributed by atoms with Crippen molar-refractivity contribution in [1.82, 2.24) is 10.2 Å². The van der Waals surface area contributed by atoms with Gasteiger partial charge in [0.15, 0.2) is 0 Å². The standard InChI is InChI=1S/C5H12N2.C3H8.C2H6/c1-7-4-2-6-3-5-7;1-3-2;1-2/h6H,2-5H2,1H3;3H2,1-2H3;1-2H3. The second-order valence-electron chi connectivity index (χ2n) is 2.76. The lowest BCUT2D eigenvalue weighted by atomic mass is 10.4. The molecule has 2 heteroatoms. The largest absolute Gasteiger partial charge is 0.314 e. The van der Waals surface area contributed by atoms with Crippen molar-refractivity contribution in [2.45, 2.75) is 34.1 Å². The van der Waals surface area contributed by atoms with Crippen molar-refractivity contribution in [3.8, 4) is 0 Å². The molecule has 0 atom stereocenters. The average molecular weight is 174 g/mol. The summed E-state index contributed by atoms with van der Waals surface area (Å²) in [6.45, 7) is 13.0. The molecule has 0 unspecified atom stereocenters. The van der Waals surface area contributed by atoms with Gasteiger partial charge in [0.2, 0.25) is 0 Å². The number of hydrogen-bond donors (Lipinski definition) is 1. The average Bonchev–Trinajstić information content (AvgIpc) is 2.11. The topological polar surface area (TPSA) is 15.3 Å². The van der Waals surface area contributed by atoms with E-state index in [0.29, 0.717) is 0 Å². The summed E-state index contributed by atoms with van der Waals surface area (Å²) >= 11 is 0. The lowest BCUT2D eigenvalue weighted by molar-refractivity contribution is 0.291. The molecule has 1 aliphatic heterocycles. The first-order valence-corrected chi connectivity index (χ1v) is 5.20. The van der Waals surface area contributed by atoms with Crippen LogP contribution >= 0.6 is 0 Å². The molecule has 1 aliphatic rings. The van der Waals surface area contributed by atoms with Gasteiger partial charge in [0.05, 0.1) is 0 Å². The third-order valence-corrected chi connectivity index (χ3v) is 1.34. The fourth-order valence-corrected chi connectivity index (χ4v) is 0.777. The molecule has 0 aliphatic carbocycles. The van der Waals surface area contributed by atoms with Gasteiger partial charge in [-0.15, -0.1) is 0 Å². The van der Waals surface area contributed by atoms with Crippen molar-refractivity contribution < 1.29 is 0 Å². The highest BCUT2D eigenvalue weighted by atomic mass is 15.2. The van der Waals surface area contributed by atoms with Gasteiger partial charge in [-0.05, 0) is 7.05 Å². The molecule has 0 aromatic carbocycles. The molecular formula is C10H26N2. The maximum Gasteiger partial charge on any atom is 0.0104 e. The van der Waals surface area contributed by atoms with Crippen LogP contribution in [0.25, 0.3) is 0 Å². The number of hydrogen-bond acceptors (Lipinski definition) is 2. The predicted octanol–water partition coefficient (Wildman–Crippen LogP) is 1.96. The molecule has 0 spiro atoms. The van der Waals surface area contributed by atoms with Gasteiger partial charge in [0.1, 0.15) is 0 Å². The van der Waals surface area contributed by atoms with E-state index >= 15 is 0 Å². The Labute approximate surface area is 78.3 Å². The first-order valence-electron chi connectivity index (χ1n) is 5.20. The number of piperazine rings is 1. The van der Waals surface area contributed by atoms with E-state index in [9.17, 15) is 0 Å². The van der Waals surface area contributed by atoms with Crippen LogP contribution in [-0.2, 0) is 0 Å². The minimum atomic E-state index is 1.16. The van der Waals surface area contributed by atoms with Crippen LogP contribution < -0.4 is 5.32 Å². The lowest BCUT2D eigenvalue weighted by Gasteiger charge is -2.21. The van der Waals surface area contributed by atoms with E-state index in [2.05, 4.69) is 31.1 Å². The van der Waals surface area contributed by atoms with E-state index in [0.717, 1.165) is 13.1 Å². The van der Waals surface area contributed by atoms with E-state index in [1.807, 2.05) is 13.8 Å². The van der Waals surface area contributed by atoms with Gasteiger partial charge in [-0.3, -0.25) is 0 Å². The molecule has 1 heterocycles. The molecule has 0 radical (unpaired) electrons. The maximum absolute atomic E-state index is 3.27. The van der Waals surface area contributed by atoms with Crippen LogP contribution in [0.1, 0.15) is 34.1 Å². The number of nitrogens with zero attached hydrogens (tertiary/aromatic N) is 1. The van der Waals surface area contributed by atoms with Crippen molar-refractivity contribution >= 4 is 0 Å². The minimum Gasteiger partial charge on any atom is -0.314 e. The van der Waals surface area contributed by atoms with Crippen LogP contribution in [0, 0.1) is 0 Å². The van der Waals surface area contributed by atoms with Crippen molar-refractivity contribution in [3.05, 3.63) is 0 Å². The zero-order chi connectivity index (χ0) is 9.82. The van der Waals surface area contributed by atoms with E-state index < -0.39 is 0 Å². The Kier molecular flexibility index (Phi) is 16.3. The summed E-state index contributed by atoms with van der Waals surface area (Å²) in [5.41, 5.74) is 0. The van der Waals surface area contributed by atoms with Gasteiger partial charge >= 0.3 is 0 Å². The number of nitrogens with one attached hydrogen (secondary N) is 1. The molecule has 0 aromatic heterocycles. The summed E-state index contributed by atoms with van der Waals surface area (Å²) in [4.78, 5) is 2.33. The Morgan fingerprint density at radius 2 is 1.42 bits per heavy atom. The Hall–Kier alpha value is -0.0800. The molecule has 1 fully saturated rings. The van der Waals surface area contributed by atoms with Gasteiger partial charge in [-0.1, -0.05) is 34.1 Å². The van der Waals surface area contributed by atoms with Crippen molar-refractivity contribution in [2.24, 2.45) is 0 Å². The first-order chi connectivity index (χ1) is 5.81. The van der Waals surface area contributed by atoms with Crippen LogP contribution in [-0.4, -0.2) is 38.1 Å². The van der Waals surface area contributed by atoms with Gasteiger partial charge < -0.3 is 10.2 Å². The third kappa shape index (κ3) is 12.6. The zero-order valence-electron chi connectivity index (χ0n) is 9.48. The molecule has 1 saturated heterocycles. The number of rotatable bonds is 0. The molecule has 0 aromatic rings. The maximum atomic E-state index is 3.27. The van der Waals surface area contributed by atoms with E-state index in [4.69, 9.17) is 0 Å². The normalized spacial score (nSPS) is 16.8. The molecule has 1 N–H and O–H groups in total.